The molecule has 0 N–H and O–H groups in total. The van der Waals surface area contributed by atoms with Crippen LogP contribution in [0.4, 0.5) is 0 Å². The van der Waals surface area contributed by atoms with E-state index in [1.54, 1.807) is 0 Å². The molecule has 0 fully saturated rings. The summed E-state index contributed by atoms with van der Waals surface area (Å²) in [4.78, 5) is 11.4. The predicted octanol–water partition coefficient (Wildman–Crippen LogP) is 1.89. The Bertz CT molecular complexity index is 229. The summed E-state index contributed by atoms with van der Waals surface area (Å²) in [6, 6.07) is 0. The van der Waals surface area contributed by atoms with Crippen molar-refractivity contribution in [3.8, 4) is 0 Å². The van der Waals surface area contributed by atoms with Gasteiger partial charge in [0.15, 0.2) is 5.78 Å². The molecule has 0 saturated heterocycles. The molecule has 14 heavy (non-hydrogen) atoms. The minimum absolute atomic E-state index is 0. The zero-order chi connectivity index (χ0) is 10.9. The van der Waals surface area contributed by atoms with Gasteiger partial charge in [-0.25, -0.2) is 0 Å². The Morgan fingerprint density at radius 2 is 1.36 bits per heavy atom. The van der Waals surface area contributed by atoms with Crippen LogP contribution in [-0.2, 0) is 21.9 Å². The minimum atomic E-state index is -0.457. The number of carbonyl (C=O) groups is 1. The molecule has 0 aromatic carbocycles. The van der Waals surface area contributed by atoms with Crippen molar-refractivity contribution < 1.29 is 27.0 Å². The van der Waals surface area contributed by atoms with Gasteiger partial charge in [0.2, 0.25) is 0 Å². The summed E-state index contributed by atoms with van der Waals surface area (Å²) in [5.41, 5.74) is -0.915. The Morgan fingerprint density at radius 3 is 1.57 bits per heavy atom. The van der Waals surface area contributed by atoms with E-state index in [0.717, 1.165) is 0 Å². The van der Waals surface area contributed by atoms with E-state index >= 15 is 0 Å². The van der Waals surface area contributed by atoms with Gasteiger partial charge in [-0.3, -0.25) is 4.79 Å². The molecule has 0 aliphatic carbocycles. The topological polar surface area (TPSA) is 40.1 Å². The Hall–Kier alpha value is -0.271. The van der Waals surface area contributed by atoms with Crippen LogP contribution < -0.4 is 5.11 Å². The average molecular weight is 238 g/mol. The monoisotopic (exact) mass is 238 g/mol. The van der Waals surface area contributed by atoms with Gasteiger partial charge in [0.25, 0.3) is 0 Å². The molecule has 0 spiro atoms. The van der Waals surface area contributed by atoms with Crippen molar-refractivity contribution in [3.63, 3.8) is 0 Å². The first-order valence-electron chi connectivity index (χ1n) is 4.49. The summed E-state index contributed by atoms with van der Waals surface area (Å²) in [6.45, 7) is 10.8. The Morgan fingerprint density at radius 1 is 1.00 bits per heavy atom. The zero-order valence-electron chi connectivity index (χ0n) is 9.77. The fourth-order valence-corrected chi connectivity index (χ4v) is 0.552. The van der Waals surface area contributed by atoms with Gasteiger partial charge in [-0.2, -0.15) is 0 Å². The number of allylic oxidation sites excluding steroid dienone is 2. The van der Waals surface area contributed by atoms with Crippen molar-refractivity contribution in [1.29, 1.82) is 0 Å². The van der Waals surface area contributed by atoms with Crippen molar-refractivity contribution >= 4 is 5.78 Å². The first-order valence-corrected chi connectivity index (χ1v) is 4.49. The van der Waals surface area contributed by atoms with E-state index in [0.29, 0.717) is 0 Å². The fraction of sp³-hybridized carbons (Fsp3) is 0.727. The molecule has 0 atom stereocenters. The average Bonchev–Trinajstić information content (AvgIpc) is 1.82. The molecule has 0 aromatic heterocycles. The molecule has 80 valence electrons. The third-order valence-electron chi connectivity index (χ3n) is 1.74. The number of hydrogen-bond donors (Lipinski definition) is 0. The predicted molar refractivity (Wildman–Crippen MR) is 52.0 cm³/mol. The van der Waals surface area contributed by atoms with Gasteiger partial charge in [0, 0.05) is 5.41 Å². The van der Waals surface area contributed by atoms with Crippen molar-refractivity contribution in [2.45, 2.75) is 41.5 Å². The van der Waals surface area contributed by atoms with E-state index in [2.05, 4.69) is 0 Å². The van der Waals surface area contributed by atoms with E-state index in [1.165, 1.54) is 6.08 Å². The van der Waals surface area contributed by atoms with Crippen LogP contribution in [0.2, 0.25) is 0 Å². The van der Waals surface area contributed by atoms with Gasteiger partial charge in [0.05, 0.1) is 0 Å². The van der Waals surface area contributed by atoms with Gasteiger partial charge in [-0.15, -0.1) is 5.76 Å². The molecular formula is C11H19MnO2+2. The number of rotatable bonds is 1. The molecule has 3 heteroatoms. The van der Waals surface area contributed by atoms with Crippen LogP contribution in [0.15, 0.2) is 11.8 Å². The van der Waals surface area contributed by atoms with E-state index in [1.807, 2.05) is 41.5 Å². The second-order valence-electron chi connectivity index (χ2n) is 5.37. The van der Waals surface area contributed by atoms with Gasteiger partial charge >= 0.3 is 17.1 Å². The molecule has 0 rings (SSSR count). The van der Waals surface area contributed by atoms with Gasteiger partial charge in [-0.1, -0.05) is 41.5 Å². The standard InChI is InChI=1S/C11H20O2.Mn/c1-10(2,3)8(12)7-9(13)11(4,5)6;/h7,12H,1-6H3;/q;+3/p-1/b8-7-;. The summed E-state index contributed by atoms with van der Waals surface area (Å²) < 4.78 is 0. The molecule has 0 bridgehead atoms. The molecule has 0 saturated carbocycles. The van der Waals surface area contributed by atoms with Crippen LogP contribution in [0.3, 0.4) is 0 Å². The van der Waals surface area contributed by atoms with E-state index in [4.69, 9.17) is 0 Å². The third-order valence-corrected chi connectivity index (χ3v) is 1.74. The molecule has 0 heterocycles. The zero-order valence-corrected chi connectivity index (χ0v) is 11.0. The Balaban J connectivity index is 0. The summed E-state index contributed by atoms with van der Waals surface area (Å²) in [5.74, 6) is -0.208. The van der Waals surface area contributed by atoms with Crippen LogP contribution in [0.25, 0.3) is 0 Å². The van der Waals surface area contributed by atoms with Crippen LogP contribution >= 0.6 is 0 Å². The van der Waals surface area contributed by atoms with Crippen molar-refractivity contribution in [2.75, 3.05) is 0 Å². The summed E-state index contributed by atoms with van der Waals surface area (Å²) in [5, 5.41) is 11.4. The van der Waals surface area contributed by atoms with Crippen LogP contribution in [0.5, 0.6) is 0 Å². The maximum atomic E-state index is 11.4. The smallest absolute Gasteiger partial charge is 0.875 e. The molecule has 0 aliphatic rings. The minimum Gasteiger partial charge on any atom is -0.875 e. The van der Waals surface area contributed by atoms with Crippen molar-refractivity contribution in [2.24, 2.45) is 10.8 Å². The number of ketones is 1. The molecule has 2 nitrogen and oxygen atoms in total. The SMILES string of the molecule is CC(C)(C)C(=O)/C=C(\[O-])C(C)(C)C.[Mn+3]. The van der Waals surface area contributed by atoms with Gasteiger partial charge < -0.3 is 5.11 Å². The third kappa shape index (κ3) is 5.46. The molecule has 0 unspecified atom stereocenters. The summed E-state index contributed by atoms with van der Waals surface area (Å²) in [6.07, 6.45) is 1.22. The molecule has 0 radical (unpaired) electrons. The molecule has 0 aliphatic heterocycles. The largest absolute Gasteiger partial charge is 3.00 e. The first-order chi connectivity index (χ1) is 5.55. The maximum Gasteiger partial charge on any atom is 3.00 e. The Labute approximate surface area is 97.3 Å². The second kappa shape index (κ2) is 4.99. The first kappa shape index (κ1) is 16.2. The summed E-state index contributed by atoms with van der Waals surface area (Å²) in [7, 11) is 0. The van der Waals surface area contributed by atoms with Crippen LogP contribution in [0, 0.1) is 10.8 Å². The van der Waals surface area contributed by atoms with Crippen molar-refractivity contribution in [3.05, 3.63) is 11.8 Å². The number of carbonyl (C=O) groups excluding carboxylic acids is 1. The number of hydrogen-bond acceptors (Lipinski definition) is 2. The van der Waals surface area contributed by atoms with Gasteiger partial charge in [-0.05, 0) is 11.5 Å². The van der Waals surface area contributed by atoms with Crippen molar-refractivity contribution in [1.82, 2.24) is 0 Å². The van der Waals surface area contributed by atoms with Gasteiger partial charge in [0.1, 0.15) is 0 Å². The molecule has 0 amide bonds. The van der Waals surface area contributed by atoms with Crippen LogP contribution in [0.1, 0.15) is 41.5 Å². The fourth-order valence-electron chi connectivity index (χ4n) is 0.552. The van der Waals surface area contributed by atoms with E-state index in [-0.39, 0.29) is 28.6 Å². The second-order valence-corrected chi connectivity index (χ2v) is 5.37. The summed E-state index contributed by atoms with van der Waals surface area (Å²) >= 11 is 0. The maximum absolute atomic E-state index is 11.4. The van der Waals surface area contributed by atoms with E-state index in [9.17, 15) is 9.90 Å². The Kier molecular flexibility index (Phi) is 5.77. The molecule has 0 aromatic rings. The van der Waals surface area contributed by atoms with Crippen LogP contribution in [-0.4, -0.2) is 5.78 Å². The molecular weight excluding hydrogens is 219 g/mol. The van der Waals surface area contributed by atoms with E-state index < -0.39 is 10.8 Å². The quantitative estimate of drug-likeness (QED) is 0.397. The normalized spacial score (nSPS) is 13.4.